The van der Waals surface area contributed by atoms with Crippen molar-refractivity contribution in [2.45, 2.75) is 32.2 Å². The first-order chi connectivity index (χ1) is 14.0. The van der Waals surface area contributed by atoms with Gasteiger partial charge in [0.15, 0.2) is 5.69 Å². The van der Waals surface area contributed by atoms with Gasteiger partial charge in [-0.25, -0.2) is 23.0 Å². The van der Waals surface area contributed by atoms with Gasteiger partial charge in [-0.15, -0.1) is 0 Å². The quantitative estimate of drug-likeness (QED) is 0.664. The fourth-order valence-electron chi connectivity index (χ4n) is 4.05. The molecule has 0 unspecified atom stereocenters. The van der Waals surface area contributed by atoms with Gasteiger partial charge in [0.25, 0.3) is 18.1 Å². The Bertz CT molecular complexity index is 1060. The van der Waals surface area contributed by atoms with E-state index >= 15 is 0 Å². The van der Waals surface area contributed by atoms with Crippen molar-refractivity contribution in [1.29, 1.82) is 0 Å². The molecule has 2 aliphatic heterocycles. The molecule has 0 spiro atoms. The molecule has 3 aromatic heterocycles. The second-order valence-corrected chi connectivity index (χ2v) is 7.44. The number of halogens is 2. The van der Waals surface area contributed by atoms with E-state index in [0.717, 1.165) is 6.42 Å². The van der Waals surface area contributed by atoms with E-state index in [-0.39, 0.29) is 29.2 Å². The van der Waals surface area contributed by atoms with Crippen LogP contribution in [0.25, 0.3) is 5.78 Å². The zero-order chi connectivity index (χ0) is 20.1. The van der Waals surface area contributed by atoms with Crippen LogP contribution in [0.2, 0.25) is 0 Å². The minimum absolute atomic E-state index is 0.135. The third-order valence-electron chi connectivity index (χ3n) is 5.66. The Balaban J connectivity index is 1.46. The van der Waals surface area contributed by atoms with Crippen molar-refractivity contribution in [3.63, 3.8) is 0 Å². The lowest BCUT2D eigenvalue weighted by molar-refractivity contribution is 0.0658. The Labute approximate surface area is 164 Å². The van der Waals surface area contributed by atoms with Crippen LogP contribution in [0.1, 0.15) is 47.6 Å². The number of rotatable bonds is 3. The van der Waals surface area contributed by atoms with E-state index in [1.54, 1.807) is 15.6 Å². The Morgan fingerprint density at radius 3 is 2.97 bits per heavy atom. The summed E-state index contributed by atoms with van der Waals surface area (Å²) < 4.78 is 35.3. The lowest BCUT2D eigenvalue weighted by atomic mass is 9.84. The van der Waals surface area contributed by atoms with Gasteiger partial charge >= 0.3 is 0 Å². The summed E-state index contributed by atoms with van der Waals surface area (Å²) in [5, 5.41) is 8.48. The molecular formula is C18H19F2N7O2. The van der Waals surface area contributed by atoms with Gasteiger partial charge in [-0.3, -0.25) is 4.79 Å². The smallest absolute Gasteiger partial charge is 0.280 e. The highest BCUT2D eigenvalue weighted by atomic mass is 19.3. The van der Waals surface area contributed by atoms with Gasteiger partial charge in [-0.1, -0.05) is 6.92 Å². The molecule has 0 radical (unpaired) electrons. The number of nitrogens with zero attached hydrogens (tertiary/aromatic N) is 7. The summed E-state index contributed by atoms with van der Waals surface area (Å²) in [5.74, 6) is 0.537. The number of likely N-dealkylation sites (tertiary alicyclic amines) is 1. The molecule has 1 saturated heterocycles. The molecule has 3 aromatic rings. The van der Waals surface area contributed by atoms with Crippen molar-refractivity contribution >= 4 is 11.7 Å². The van der Waals surface area contributed by atoms with Crippen LogP contribution >= 0.6 is 0 Å². The summed E-state index contributed by atoms with van der Waals surface area (Å²) in [6, 6.07) is 3.03. The van der Waals surface area contributed by atoms with Crippen molar-refractivity contribution in [3.8, 4) is 5.88 Å². The molecule has 11 heteroatoms. The lowest BCUT2D eigenvalue weighted by Crippen LogP contribution is -2.43. The fourth-order valence-corrected chi connectivity index (χ4v) is 4.05. The highest BCUT2D eigenvalue weighted by Crippen LogP contribution is 2.34. The van der Waals surface area contributed by atoms with Gasteiger partial charge in [0.05, 0.1) is 12.2 Å². The summed E-state index contributed by atoms with van der Waals surface area (Å²) in [5.41, 5.74) is 0.587. The largest absolute Gasteiger partial charge is 0.476 e. The minimum Gasteiger partial charge on any atom is -0.476 e. The Morgan fingerprint density at radius 1 is 1.31 bits per heavy atom. The van der Waals surface area contributed by atoms with Crippen LogP contribution in [0.5, 0.6) is 5.88 Å². The molecule has 0 saturated carbocycles. The molecule has 1 amide bonds. The topological polar surface area (TPSA) is 90.4 Å². The molecule has 0 N–H and O–H groups in total. The standard InChI is InChI=1S/C18H19F2N7O2/c1-10-2-3-25(17(28)13-7-15-26(24-13)4-5-29-15)8-11(10)14-6-12(16(19)20)23-18-21-9-22-27(14)18/h6-7,9-11,16H,2-5,8H2,1H3/t10-,11-/m1/s1. The normalized spacial score (nSPS) is 21.6. The van der Waals surface area contributed by atoms with Gasteiger partial charge in [-0.2, -0.15) is 15.2 Å². The Hall–Kier alpha value is -3.11. The van der Waals surface area contributed by atoms with Crippen LogP contribution in [0.4, 0.5) is 8.78 Å². The van der Waals surface area contributed by atoms with Gasteiger partial charge in [-0.05, 0) is 18.4 Å². The number of amides is 1. The van der Waals surface area contributed by atoms with E-state index in [2.05, 4.69) is 27.1 Å². The summed E-state index contributed by atoms with van der Waals surface area (Å²) in [6.07, 6.45) is -0.673. The van der Waals surface area contributed by atoms with Crippen LogP contribution in [-0.2, 0) is 6.54 Å². The van der Waals surface area contributed by atoms with E-state index in [1.165, 1.54) is 16.9 Å². The van der Waals surface area contributed by atoms with E-state index in [9.17, 15) is 13.6 Å². The fraction of sp³-hybridized carbons (Fsp3) is 0.500. The molecule has 0 aromatic carbocycles. The summed E-state index contributed by atoms with van der Waals surface area (Å²) in [4.78, 5) is 22.6. The molecule has 2 atom stereocenters. The summed E-state index contributed by atoms with van der Waals surface area (Å²) in [6.45, 7) is 4.19. The first-order valence-electron chi connectivity index (χ1n) is 9.50. The van der Waals surface area contributed by atoms with Crippen LogP contribution in [0.3, 0.4) is 0 Å². The van der Waals surface area contributed by atoms with Crippen LogP contribution in [-0.4, -0.2) is 59.9 Å². The highest BCUT2D eigenvalue weighted by molar-refractivity contribution is 5.92. The van der Waals surface area contributed by atoms with Gasteiger partial charge in [0, 0.05) is 25.1 Å². The number of hydrogen-bond acceptors (Lipinski definition) is 6. The summed E-state index contributed by atoms with van der Waals surface area (Å²) >= 11 is 0. The predicted octanol–water partition coefficient (Wildman–Crippen LogP) is 1.92. The monoisotopic (exact) mass is 403 g/mol. The molecular weight excluding hydrogens is 384 g/mol. The van der Waals surface area contributed by atoms with Crippen molar-refractivity contribution in [2.24, 2.45) is 5.92 Å². The maximum absolute atomic E-state index is 13.3. The minimum atomic E-state index is -2.71. The van der Waals surface area contributed by atoms with Gasteiger partial charge in [0.2, 0.25) is 5.88 Å². The molecule has 0 aliphatic carbocycles. The maximum atomic E-state index is 13.3. The third-order valence-corrected chi connectivity index (χ3v) is 5.66. The van der Waals surface area contributed by atoms with Crippen molar-refractivity contribution < 1.29 is 18.3 Å². The SMILES string of the molecule is C[C@@H]1CCN(C(=O)c2cc3n(n2)CCO3)C[C@H]1c1cc(C(F)F)nc2ncnn12. The molecule has 1 fully saturated rings. The highest BCUT2D eigenvalue weighted by Gasteiger charge is 2.34. The zero-order valence-electron chi connectivity index (χ0n) is 15.7. The molecule has 9 nitrogen and oxygen atoms in total. The average molecular weight is 403 g/mol. The second kappa shape index (κ2) is 6.75. The first kappa shape index (κ1) is 18.0. The van der Waals surface area contributed by atoms with Gasteiger partial charge < -0.3 is 9.64 Å². The van der Waals surface area contributed by atoms with Crippen molar-refractivity contribution in [1.82, 2.24) is 34.3 Å². The predicted molar refractivity (Wildman–Crippen MR) is 95.9 cm³/mol. The van der Waals surface area contributed by atoms with E-state index in [1.807, 2.05) is 0 Å². The lowest BCUT2D eigenvalue weighted by Gasteiger charge is -2.37. The summed E-state index contributed by atoms with van der Waals surface area (Å²) in [7, 11) is 0. The molecule has 2 aliphatic rings. The van der Waals surface area contributed by atoms with Crippen LogP contribution in [0.15, 0.2) is 18.5 Å². The van der Waals surface area contributed by atoms with Crippen molar-refractivity contribution in [3.05, 3.63) is 35.5 Å². The zero-order valence-corrected chi connectivity index (χ0v) is 15.7. The third kappa shape index (κ3) is 3.00. The second-order valence-electron chi connectivity index (χ2n) is 7.44. The van der Waals surface area contributed by atoms with E-state index in [4.69, 9.17) is 4.74 Å². The number of ether oxygens (including phenoxy) is 1. The van der Waals surface area contributed by atoms with E-state index < -0.39 is 6.43 Å². The Kier molecular flexibility index (Phi) is 4.18. The number of carbonyl (C=O) groups excluding carboxylic acids is 1. The number of piperidine rings is 1. The maximum Gasteiger partial charge on any atom is 0.280 e. The molecule has 29 heavy (non-hydrogen) atoms. The Morgan fingerprint density at radius 2 is 2.17 bits per heavy atom. The van der Waals surface area contributed by atoms with E-state index in [0.29, 0.717) is 43.5 Å². The van der Waals surface area contributed by atoms with Crippen LogP contribution in [0, 0.1) is 5.92 Å². The number of hydrogen-bond donors (Lipinski definition) is 0. The number of fused-ring (bicyclic) bond motifs is 2. The average Bonchev–Trinajstić information content (AvgIpc) is 3.42. The molecule has 0 bridgehead atoms. The van der Waals surface area contributed by atoms with Crippen molar-refractivity contribution in [2.75, 3.05) is 19.7 Å². The van der Waals surface area contributed by atoms with Crippen LogP contribution < -0.4 is 4.74 Å². The van der Waals surface area contributed by atoms with Gasteiger partial charge in [0.1, 0.15) is 18.6 Å². The number of carbonyl (C=O) groups is 1. The molecule has 5 heterocycles. The molecule has 152 valence electrons. The first-order valence-corrected chi connectivity index (χ1v) is 9.50. The molecule has 5 rings (SSSR count). The number of aromatic nitrogens is 6. The number of alkyl halides is 2.